The number of guanidine groups is 1. The van der Waals surface area contributed by atoms with Gasteiger partial charge in [-0.25, -0.2) is 19.9 Å². The third-order valence-corrected chi connectivity index (χ3v) is 5.72. The van der Waals surface area contributed by atoms with Crippen molar-refractivity contribution in [2.75, 3.05) is 75.8 Å². The van der Waals surface area contributed by atoms with Crippen LogP contribution >= 0.6 is 0 Å². The molecule has 2 fully saturated rings. The van der Waals surface area contributed by atoms with E-state index in [1.807, 2.05) is 17.0 Å². The lowest BCUT2D eigenvalue weighted by Gasteiger charge is -2.36. The summed E-state index contributed by atoms with van der Waals surface area (Å²) in [5.74, 6) is 2.48. The molecule has 0 saturated carbocycles. The number of amides is 1. The number of aromatic nitrogens is 4. The predicted octanol–water partition coefficient (Wildman–Crippen LogP) is -0.297. The first-order chi connectivity index (χ1) is 15.7. The minimum absolute atomic E-state index is 0.160. The van der Waals surface area contributed by atoms with E-state index in [1.54, 1.807) is 31.8 Å². The molecule has 0 radical (unpaired) electrons. The lowest BCUT2D eigenvalue weighted by molar-refractivity contribution is -0.131. The van der Waals surface area contributed by atoms with Crippen molar-refractivity contribution in [1.82, 2.24) is 35.1 Å². The van der Waals surface area contributed by atoms with Gasteiger partial charge >= 0.3 is 0 Å². The number of anilines is 2. The Morgan fingerprint density at radius 1 is 0.812 bits per heavy atom. The average Bonchev–Trinajstić information content (AvgIpc) is 2.88. The van der Waals surface area contributed by atoms with Gasteiger partial charge in [-0.1, -0.05) is 0 Å². The Morgan fingerprint density at radius 3 is 1.75 bits per heavy atom. The molecule has 2 aliphatic rings. The molecular weight excluding hydrogens is 408 g/mol. The van der Waals surface area contributed by atoms with E-state index >= 15 is 0 Å². The number of carbonyl (C=O) groups excluding carboxylic acids is 1. The Bertz CT molecular complexity index is 878. The summed E-state index contributed by atoms with van der Waals surface area (Å²) in [6.07, 6.45) is 7.46. The molecule has 2 aliphatic heterocycles. The van der Waals surface area contributed by atoms with Gasteiger partial charge in [0, 0.05) is 97.2 Å². The van der Waals surface area contributed by atoms with E-state index < -0.39 is 0 Å². The van der Waals surface area contributed by atoms with Crippen LogP contribution < -0.4 is 15.1 Å². The Labute approximate surface area is 188 Å². The Balaban J connectivity index is 1.17. The van der Waals surface area contributed by atoms with Crippen LogP contribution in [0.15, 0.2) is 41.9 Å². The van der Waals surface area contributed by atoms with Crippen molar-refractivity contribution in [2.45, 2.75) is 6.42 Å². The summed E-state index contributed by atoms with van der Waals surface area (Å²) in [5, 5.41) is 3.35. The number of hydrogen-bond acceptors (Lipinski definition) is 8. The molecule has 0 bridgehead atoms. The molecule has 2 aromatic heterocycles. The number of carbonyl (C=O) groups is 1. The van der Waals surface area contributed by atoms with Gasteiger partial charge in [-0.3, -0.25) is 9.79 Å². The van der Waals surface area contributed by atoms with Crippen LogP contribution in [0.2, 0.25) is 0 Å². The molecule has 1 amide bonds. The Morgan fingerprint density at radius 2 is 1.28 bits per heavy atom. The number of rotatable bonds is 5. The molecule has 0 atom stereocenters. The SMILES string of the molecule is CN=C(NCCC(=O)N1CCN(c2ncccn2)CC1)N1CCN(c2ncccn2)CC1. The number of hydrogen-bond donors (Lipinski definition) is 1. The van der Waals surface area contributed by atoms with Crippen LogP contribution in [0, 0.1) is 0 Å². The van der Waals surface area contributed by atoms with Gasteiger partial charge in [-0.05, 0) is 12.1 Å². The zero-order valence-corrected chi connectivity index (χ0v) is 18.5. The second-order valence-corrected chi connectivity index (χ2v) is 7.66. The number of nitrogens with one attached hydrogen (secondary N) is 1. The average molecular weight is 439 g/mol. The van der Waals surface area contributed by atoms with E-state index in [1.165, 1.54) is 0 Å². The third-order valence-electron chi connectivity index (χ3n) is 5.72. The largest absolute Gasteiger partial charge is 0.356 e. The highest BCUT2D eigenvalue weighted by Gasteiger charge is 2.23. The maximum Gasteiger partial charge on any atom is 0.225 e. The molecule has 0 aromatic carbocycles. The van der Waals surface area contributed by atoms with Crippen molar-refractivity contribution < 1.29 is 4.79 Å². The highest BCUT2D eigenvalue weighted by molar-refractivity contribution is 5.81. The summed E-state index contributed by atoms with van der Waals surface area (Å²) in [5.41, 5.74) is 0. The highest BCUT2D eigenvalue weighted by atomic mass is 16.2. The van der Waals surface area contributed by atoms with Gasteiger partial charge in [0.1, 0.15) is 0 Å². The summed E-state index contributed by atoms with van der Waals surface area (Å²) >= 11 is 0. The standard InChI is InChI=1S/C21H30N10O/c1-22-19(29-14-16-31(17-15-29)21-25-7-3-8-26-21)27-9-4-18(32)28-10-12-30(13-11-28)20-23-5-2-6-24-20/h2-3,5-8H,4,9-17H2,1H3,(H,22,27). The molecule has 170 valence electrons. The normalized spacial score (nSPS) is 17.5. The van der Waals surface area contributed by atoms with Crippen molar-refractivity contribution in [1.29, 1.82) is 0 Å². The smallest absolute Gasteiger partial charge is 0.225 e. The van der Waals surface area contributed by atoms with Crippen LogP contribution in [-0.4, -0.2) is 108 Å². The van der Waals surface area contributed by atoms with Crippen molar-refractivity contribution in [3.05, 3.63) is 36.9 Å². The van der Waals surface area contributed by atoms with Gasteiger partial charge in [-0.15, -0.1) is 0 Å². The fraction of sp³-hybridized carbons (Fsp3) is 0.524. The minimum atomic E-state index is 0.160. The first-order valence-electron chi connectivity index (χ1n) is 11.0. The quantitative estimate of drug-likeness (QED) is 0.498. The molecule has 32 heavy (non-hydrogen) atoms. The maximum absolute atomic E-state index is 12.6. The monoisotopic (exact) mass is 438 g/mol. The second-order valence-electron chi connectivity index (χ2n) is 7.66. The molecule has 2 saturated heterocycles. The molecular formula is C21H30N10O. The molecule has 11 heteroatoms. The van der Waals surface area contributed by atoms with Crippen molar-refractivity contribution >= 4 is 23.8 Å². The van der Waals surface area contributed by atoms with Crippen molar-refractivity contribution in [3.63, 3.8) is 0 Å². The summed E-state index contributed by atoms with van der Waals surface area (Å²) < 4.78 is 0. The lowest BCUT2D eigenvalue weighted by atomic mass is 10.3. The van der Waals surface area contributed by atoms with Crippen LogP contribution in [0.4, 0.5) is 11.9 Å². The fourth-order valence-electron chi connectivity index (χ4n) is 3.95. The van der Waals surface area contributed by atoms with E-state index in [9.17, 15) is 4.79 Å². The first kappa shape index (κ1) is 21.7. The van der Waals surface area contributed by atoms with E-state index in [0.717, 1.165) is 57.1 Å². The van der Waals surface area contributed by atoms with Crippen LogP contribution in [0.25, 0.3) is 0 Å². The van der Waals surface area contributed by atoms with Crippen LogP contribution in [0.3, 0.4) is 0 Å². The first-order valence-corrected chi connectivity index (χ1v) is 11.0. The topological polar surface area (TPSA) is 106 Å². The van der Waals surface area contributed by atoms with E-state index in [0.29, 0.717) is 26.1 Å². The van der Waals surface area contributed by atoms with Gasteiger partial charge in [-0.2, -0.15) is 0 Å². The van der Waals surface area contributed by atoms with E-state index in [-0.39, 0.29) is 5.91 Å². The number of piperazine rings is 2. The number of aliphatic imine (C=N–C) groups is 1. The van der Waals surface area contributed by atoms with Crippen LogP contribution in [0.1, 0.15) is 6.42 Å². The van der Waals surface area contributed by atoms with Gasteiger partial charge in [0.15, 0.2) is 5.96 Å². The van der Waals surface area contributed by atoms with Crippen LogP contribution in [0.5, 0.6) is 0 Å². The lowest BCUT2D eigenvalue weighted by Crippen LogP contribution is -2.53. The van der Waals surface area contributed by atoms with Gasteiger partial charge in [0.25, 0.3) is 0 Å². The second kappa shape index (κ2) is 10.7. The summed E-state index contributed by atoms with van der Waals surface area (Å²) in [7, 11) is 1.78. The maximum atomic E-state index is 12.6. The molecule has 11 nitrogen and oxygen atoms in total. The molecule has 0 aliphatic carbocycles. The predicted molar refractivity (Wildman–Crippen MR) is 123 cm³/mol. The molecule has 0 spiro atoms. The van der Waals surface area contributed by atoms with Gasteiger partial charge in [0.2, 0.25) is 17.8 Å². The molecule has 4 heterocycles. The highest BCUT2D eigenvalue weighted by Crippen LogP contribution is 2.11. The number of nitrogens with zero attached hydrogens (tertiary/aromatic N) is 9. The summed E-state index contributed by atoms with van der Waals surface area (Å²) in [4.78, 5) is 42.7. The van der Waals surface area contributed by atoms with Crippen LogP contribution in [-0.2, 0) is 4.79 Å². The molecule has 0 unspecified atom stereocenters. The van der Waals surface area contributed by atoms with Crippen molar-refractivity contribution in [2.24, 2.45) is 4.99 Å². The van der Waals surface area contributed by atoms with E-state index in [4.69, 9.17) is 0 Å². The zero-order chi connectivity index (χ0) is 22.2. The Kier molecular flexibility index (Phi) is 7.26. The zero-order valence-electron chi connectivity index (χ0n) is 18.5. The molecule has 2 aromatic rings. The third kappa shape index (κ3) is 5.40. The Hall–Kier alpha value is -3.50. The van der Waals surface area contributed by atoms with Gasteiger partial charge < -0.3 is 24.9 Å². The fourth-order valence-corrected chi connectivity index (χ4v) is 3.95. The summed E-state index contributed by atoms with van der Waals surface area (Å²) in [6.45, 7) is 6.77. The minimum Gasteiger partial charge on any atom is -0.356 e. The van der Waals surface area contributed by atoms with E-state index in [2.05, 4.69) is 44.9 Å². The molecule has 1 N–H and O–H groups in total. The molecule has 4 rings (SSSR count). The van der Waals surface area contributed by atoms with Crippen molar-refractivity contribution in [3.8, 4) is 0 Å². The van der Waals surface area contributed by atoms with Gasteiger partial charge in [0.05, 0.1) is 0 Å². The summed E-state index contributed by atoms with van der Waals surface area (Å²) in [6, 6.07) is 3.63.